The van der Waals surface area contributed by atoms with Gasteiger partial charge in [-0.25, -0.2) is 4.79 Å². The van der Waals surface area contributed by atoms with Crippen LogP contribution in [0.1, 0.15) is 23.8 Å². The van der Waals surface area contributed by atoms with Crippen LogP contribution in [0.5, 0.6) is 11.5 Å². The minimum absolute atomic E-state index is 0.104. The fourth-order valence-corrected chi connectivity index (χ4v) is 4.49. The lowest BCUT2D eigenvalue weighted by molar-refractivity contribution is 0.192. The molecule has 0 bridgehead atoms. The Labute approximate surface area is 179 Å². The van der Waals surface area contributed by atoms with Crippen molar-refractivity contribution in [1.29, 1.82) is 0 Å². The van der Waals surface area contributed by atoms with E-state index in [0.717, 1.165) is 46.4 Å². The van der Waals surface area contributed by atoms with Gasteiger partial charge in [-0.1, -0.05) is 17.4 Å². The maximum absolute atomic E-state index is 12.8. The van der Waals surface area contributed by atoms with Gasteiger partial charge in [0.2, 0.25) is 0 Å². The Morgan fingerprint density at radius 1 is 1.10 bits per heavy atom. The van der Waals surface area contributed by atoms with Gasteiger partial charge in [-0.2, -0.15) is 0 Å². The summed E-state index contributed by atoms with van der Waals surface area (Å²) in [6, 6.07) is 15.1. The Morgan fingerprint density at radius 3 is 2.67 bits per heavy atom. The molecule has 3 aromatic rings. The summed E-state index contributed by atoms with van der Waals surface area (Å²) < 4.78 is 10.4. The largest absolute Gasteiger partial charge is 0.497 e. The van der Waals surface area contributed by atoms with Gasteiger partial charge in [-0.3, -0.25) is 0 Å². The number of amides is 2. The molecule has 0 aliphatic carbocycles. The number of urea groups is 1. The summed E-state index contributed by atoms with van der Waals surface area (Å²) in [7, 11) is 3.26. The molecule has 4 rings (SSSR count). The summed E-state index contributed by atoms with van der Waals surface area (Å²) in [6.07, 6.45) is 1.94. The number of anilines is 1. The van der Waals surface area contributed by atoms with Crippen molar-refractivity contribution in [1.82, 2.24) is 15.1 Å². The fourth-order valence-electron chi connectivity index (χ4n) is 3.52. The van der Waals surface area contributed by atoms with Crippen LogP contribution < -0.4 is 14.8 Å². The summed E-state index contributed by atoms with van der Waals surface area (Å²) in [5.74, 6) is 1.72. The maximum atomic E-state index is 12.8. The van der Waals surface area contributed by atoms with E-state index >= 15 is 0 Å². The number of benzene rings is 2. The van der Waals surface area contributed by atoms with Crippen molar-refractivity contribution in [2.45, 2.75) is 18.8 Å². The molecule has 156 valence electrons. The van der Waals surface area contributed by atoms with Crippen LogP contribution in [0.3, 0.4) is 0 Å². The van der Waals surface area contributed by atoms with Gasteiger partial charge in [0.05, 0.1) is 14.2 Å². The highest BCUT2D eigenvalue weighted by molar-refractivity contribution is 7.14. The number of methoxy groups -OCH3 is 2. The van der Waals surface area contributed by atoms with Crippen molar-refractivity contribution in [3.63, 3.8) is 0 Å². The summed E-state index contributed by atoms with van der Waals surface area (Å²) in [5, 5.41) is 13.6. The molecule has 0 spiro atoms. The molecule has 1 atom stereocenters. The van der Waals surface area contributed by atoms with Gasteiger partial charge in [0, 0.05) is 36.3 Å². The molecular weight excluding hydrogens is 400 g/mol. The van der Waals surface area contributed by atoms with Gasteiger partial charge in [0.15, 0.2) is 0 Å². The second-order valence-corrected chi connectivity index (χ2v) is 8.13. The van der Waals surface area contributed by atoms with E-state index in [9.17, 15) is 4.79 Å². The minimum atomic E-state index is -0.104. The van der Waals surface area contributed by atoms with Gasteiger partial charge >= 0.3 is 6.03 Å². The smallest absolute Gasteiger partial charge is 0.321 e. The summed E-state index contributed by atoms with van der Waals surface area (Å²) >= 11 is 1.59. The summed E-state index contributed by atoms with van der Waals surface area (Å²) in [5.41, 5.74) is 1.74. The second kappa shape index (κ2) is 9.13. The van der Waals surface area contributed by atoms with E-state index in [1.807, 2.05) is 53.4 Å². The Kier molecular flexibility index (Phi) is 6.13. The van der Waals surface area contributed by atoms with Crippen LogP contribution in [0.25, 0.3) is 10.6 Å². The van der Waals surface area contributed by atoms with Crippen LogP contribution in [-0.2, 0) is 0 Å². The van der Waals surface area contributed by atoms with E-state index in [-0.39, 0.29) is 11.9 Å². The van der Waals surface area contributed by atoms with Gasteiger partial charge in [-0.05, 0) is 49.2 Å². The third-order valence-electron chi connectivity index (χ3n) is 5.16. The van der Waals surface area contributed by atoms with Crippen molar-refractivity contribution in [3.8, 4) is 22.1 Å². The monoisotopic (exact) mass is 424 g/mol. The Bertz CT molecular complexity index is 1010. The number of hydrogen-bond donors (Lipinski definition) is 1. The van der Waals surface area contributed by atoms with E-state index < -0.39 is 0 Å². The lowest BCUT2D eigenvalue weighted by Crippen LogP contribution is -2.41. The molecule has 1 aliphatic heterocycles. The normalized spacial score (nSPS) is 16.2. The molecule has 1 fully saturated rings. The third kappa shape index (κ3) is 4.54. The number of piperidine rings is 1. The molecular formula is C22H24N4O3S. The summed E-state index contributed by atoms with van der Waals surface area (Å²) in [4.78, 5) is 14.6. The standard InChI is InChI=1S/C22H24N4O3S/c1-28-18-10-8-15(9-11-18)20-24-25-21(30-20)16-5-4-12-26(14-16)22(27)23-17-6-3-7-19(13-17)29-2/h3,6-11,13,16H,4-5,12,14H2,1-2H3,(H,23,27). The first-order valence-corrected chi connectivity index (χ1v) is 10.7. The molecule has 1 saturated heterocycles. The number of likely N-dealkylation sites (tertiary alicyclic amines) is 1. The molecule has 2 aromatic carbocycles. The highest BCUT2D eigenvalue weighted by atomic mass is 32.1. The van der Waals surface area contributed by atoms with E-state index in [1.165, 1.54) is 0 Å². The highest BCUT2D eigenvalue weighted by Crippen LogP contribution is 2.33. The van der Waals surface area contributed by atoms with Crippen LogP contribution >= 0.6 is 11.3 Å². The zero-order valence-electron chi connectivity index (χ0n) is 17.0. The molecule has 1 unspecified atom stereocenters. The molecule has 1 N–H and O–H groups in total. The number of nitrogens with zero attached hydrogens (tertiary/aromatic N) is 3. The lowest BCUT2D eigenvalue weighted by atomic mass is 9.99. The van der Waals surface area contributed by atoms with Crippen molar-refractivity contribution in [3.05, 3.63) is 53.5 Å². The SMILES string of the molecule is COc1ccc(-c2nnc(C3CCCN(C(=O)Nc4cccc(OC)c4)C3)s2)cc1. The number of carbonyl (C=O) groups excluding carboxylic acids is 1. The number of rotatable bonds is 5. The van der Waals surface area contributed by atoms with E-state index in [4.69, 9.17) is 9.47 Å². The van der Waals surface area contributed by atoms with Gasteiger partial charge in [0.1, 0.15) is 21.5 Å². The molecule has 2 heterocycles. The zero-order chi connectivity index (χ0) is 20.9. The van der Waals surface area contributed by atoms with Gasteiger partial charge in [-0.15, -0.1) is 10.2 Å². The highest BCUT2D eigenvalue weighted by Gasteiger charge is 2.27. The topological polar surface area (TPSA) is 76.6 Å². The van der Waals surface area contributed by atoms with Crippen LogP contribution in [0.15, 0.2) is 48.5 Å². The Morgan fingerprint density at radius 2 is 1.90 bits per heavy atom. The van der Waals surface area contributed by atoms with E-state index in [2.05, 4.69) is 15.5 Å². The molecule has 0 saturated carbocycles. The number of carbonyl (C=O) groups is 1. The Hall–Kier alpha value is -3.13. The predicted octanol–water partition coefficient (Wildman–Crippen LogP) is 4.63. The number of hydrogen-bond acceptors (Lipinski definition) is 6. The van der Waals surface area contributed by atoms with Crippen LogP contribution in [0.2, 0.25) is 0 Å². The molecule has 0 radical (unpaired) electrons. The van der Waals surface area contributed by atoms with Crippen molar-refractivity contribution < 1.29 is 14.3 Å². The van der Waals surface area contributed by atoms with E-state index in [1.54, 1.807) is 25.6 Å². The number of ether oxygens (including phenoxy) is 2. The first kappa shape index (κ1) is 20.2. The first-order valence-electron chi connectivity index (χ1n) is 9.84. The average Bonchev–Trinajstić information content (AvgIpc) is 3.30. The lowest BCUT2D eigenvalue weighted by Gasteiger charge is -2.31. The molecule has 1 aliphatic rings. The van der Waals surface area contributed by atoms with Gasteiger partial charge < -0.3 is 19.7 Å². The summed E-state index contributed by atoms with van der Waals surface area (Å²) in [6.45, 7) is 1.36. The van der Waals surface area contributed by atoms with Crippen molar-refractivity contribution in [2.24, 2.45) is 0 Å². The predicted molar refractivity (Wildman–Crippen MR) is 117 cm³/mol. The molecule has 1 aromatic heterocycles. The third-order valence-corrected chi connectivity index (χ3v) is 6.29. The van der Waals surface area contributed by atoms with Crippen molar-refractivity contribution >= 4 is 23.1 Å². The minimum Gasteiger partial charge on any atom is -0.497 e. The second-order valence-electron chi connectivity index (χ2n) is 7.12. The van der Waals surface area contributed by atoms with Crippen LogP contribution in [0, 0.1) is 0 Å². The quantitative estimate of drug-likeness (QED) is 0.646. The zero-order valence-corrected chi connectivity index (χ0v) is 17.8. The Balaban J connectivity index is 1.42. The average molecular weight is 425 g/mol. The maximum Gasteiger partial charge on any atom is 0.321 e. The van der Waals surface area contributed by atoms with Gasteiger partial charge in [0.25, 0.3) is 0 Å². The van der Waals surface area contributed by atoms with Crippen molar-refractivity contribution in [2.75, 3.05) is 32.6 Å². The van der Waals surface area contributed by atoms with E-state index in [0.29, 0.717) is 12.3 Å². The molecule has 2 amide bonds. The van der Waals surface area contributed by atoms with Crippen LogP contribution in [-0.4, -0.2) is 48.4 Å². The van der Waals surface area contributed by atoms with Crippen LogP contribution in [0.4, 0.5) is 10.5 Å². The number of aromatic nitrogens is 2. The first-order chi connectivity index (χ1) is 14.7. The molecule has 8 heteroatoms. The fraction of sp³-hybridized carbons (Fsp3) is 0.318. The number of nitrogens with one attached hydrogen (secondary N) is 1. The molecule has 7 nitrogen and oxygen atoms in total. The molecule has 30 heavy (non-hydrogen) atoms.